The molecular formula is C12H32Cl4N4O3. The van der Waals surface area contributed by atoms with Crippen LogP contribution in [0.15, 0.2) is 0 Å². The van der Waals surface area contributed by atoms with Crippen molar-refractivity contribution in [1.82, 2.24) is 20.9 Å². The number of nitrogens with zero attached hydrogens (tertiary/aromatic N) is 1. The average Bonchev–Trinajstić information content (AvgIpc) is 2.41. The second kappa shape index (κ2) is 20.9. The van der Waals surface area contributed by atoms with Gasteiger partial charge in [0.15, 0.2) is 0 Å². The molecule has 1 rings (SSSR count). The van der Waals surface area contributed by atoms with Crippen molar-refractivity contribution in [2.75, 3.05) is 65.6 Å². The SMILES string of the molecule is Cl.Cl.Cl.Cl.OC[C@H](O)[C@H](CO)N1CCNCCNCCNCC1. The van der Waals surface area contributed by atoms with Crippen molar-refractivity contribution in [2.45, 2.75) is 12.1 Å². The Morgan fingerprint density at radius 2 is 1.09 bits per heavy atom. The van der Waals surface area contributed by atoms with Gasteiger partial charge in [-0.15, -0.1) is 49.6 Å². The van der Waals surface area contributed by atoms with Crippen LogP contribution in [0.3, 0.4) is 0 Å². The van der Waals surface area contributed by atoms with E-state index in [1.807, 2.05) is 4.90 Å². The molecule has 0 aromatic rings. The summed E-state index contributed by atoms with van der Waals surface area (Å²) in [5.41, 5.74) is 0. The molecule has 0 aromatic heterocycles. The Bertz CT molecular complexity index is 224. The van der Waals surface area contributed by atoms with Gasteiger partial charge in [-0.2, -0.15) is 0 Å². The third kappa shape index (κ3) is 13.8. The first kappa shape index (κ1) is 31.6. The van der Waals surface area contributed by atoms with E-state index in [2.05, 4.69) is 16.0 Å². The molecule has 6 N–H and O–H groups in total. The van der Waals surface area contributed by atoms with Gasteiger partial charge < -0.3 is 31.3 Å². The lowest BCUT2D eigenvalue weighted by atomic mass is 10.1. The van der Waals surface area contributed by atoms with Crippen molar-refractivity contribution in [1.29, 1.82) is 0 Å². The summed E-state index contributed by atoms with van der Waals surface area (Å²) in [6, 6.07) is -0.408. The number of aliphatic hydroxyl groups excluding tert-OH is 3. The lowest BCUT2D eigenvalue weighted by molar-refractivity contribution is -0.0124. The van der Waals surface area contributed by atoms with Gasteiger partial charge >= 0.3 is 0 Å². The van der Waals surface area contributed by atoms with E-state index in [1.54, 1.807) is 0 Å². The maximum absolute atomic E-state index is 9.76. The molecule has 0 unspecified atom stereocenters. The highest BCUT2D eigenvalue weighted by Crippen LogP contribution is 2.04. The lowest BCUT2D eigenvalue weighted by Gasteiger charge is -2.33. The van der Waals surface area contributed by atoms with E-state index in [4.69, 9.17) is 5.11 Å². The number of nitrogens with one attached hydrogen (secondary N) is 3. The molecule has 23 heavy (non-hydrogen) atoms. The van der Waals surface area contributed by atoms with Crippen molar-refractivity contribution >= 4 is 49.6 Å². The molecule has 11 heteroatoms. The summed E-state index contributed by atoms with van der Waals surface area (Å²) in [6.45, 7) is 6.28. The quantitative estimate of drug-likeness (QED) is 0.327. The summed E-state index contributed by atoms with van der Waals surface area (Å²) in [7, 11) is 0. The fourth-order valence-electron chi connectivity index (χ4n) is 2.22. The molecule has 0 saturated carbocycles. The van der Waals surface area contributed by atoms with Crippen LogP contribution in [0.5, 0.6) is 0 Å². The summed E-state index contributed by atoms with van der Waals surface area (Å²) in [5.74, 6) is 0. The summed E-state index contributed by atoms with van der Waals surface area (Å²) < 4.78 is 0. The fourth-order valence-corrected chi connectivity index (χ4v) is 2.22. The normalized spacial score (nSPS) is 20.0. The van der Waals surface area contributed by atoms with Crippen LogP contribution >= 0.6 is 49.6 Å². The summed E-state index contributed by atoms with van der Waals surface area (Å²) in [6.07, 6.45) is -0.903. The van der Waals surface area contributed by atoms with Crippen LogP contribution in [-0.2, 0) is 0 Å². The molecule has 7 nitrogen and oxygen atoms in total. The van der Waals surface area contributed by atoms with Gasteiger partial charge in [0.25, 0.3) is 0 Å². The van der Waals surface area contributed by atoms with E-state index in [1.165, 1.54) is 0 Å². The van der Waals surface area contributed by atoms with Gasteiger partial charge in [0.2, 0.25) is 0 Å². The van der Waals surface area contributed by atoms with Gasteiger partial charge in [0.05, 0.1) is 25.4 Å². The van der Waals surface area contributed by atoms with Crippen LogP contribution in [-0.4, -0.2) is 97.9 Å². The van der Waals surface area contributed by atoms with E-state index in [9.17, 15) is 10.2 Å². The van der Waals surface area contributed by atoms with Gasteiger partial charge in [-0.05, 0) is 0 Å². The molecule has 0 amide bonds. The molecule has 1 fully saturated rings. The Hall–Kier alpha value is 0.880. The zero-order valence-electron chi connectivity index (χ0n) is 13.1. The Kier molecular flexibility index (Phi) is 28.8. The predicted octanol–water partition coefficient (Wildman–Crippen LogP) is -1.53. The van der Waals surface area contributed by atoms with Gasteiger partial charge in [0.1, 0.15) is 0 Å². The maximum Gasteiger partial charge on any atom is 0.0947 e. The second-order valence-electron chi connectivity index (χ2n) is 4.79. The molecule has 0 aromatic carbocycles. The van der Waals surface area contributed by atoms with Crippen LogP contribution in [0.2, 0.25) is 0 Å². The third-order valence-corrected chi connectivity index (χ3v) is 3.40. The minimum atomic E-state index is -0.903. The predicted molar refractivity (Wildman–Crippen MR) is 103 cm³/mol. The molecule has 2 atom stereocenters. The molecule has 1 aliphatic heterocycles. The van der Waals surface area contributed by atoms with Crippen molar-refractivity contribution < 1.29 is 15.3 Å². The number of rotatable bonds is 4. The molecule has 146 valence electrons. The van der Waals surface area contributed by atoms with Crippen LogP contribution in [0.25, 0.3) is 0 Å². The van der Waals surface area contributed by atoms with Crippen LogP contribution < -0.4 is 16.0 Å². The largest absolute Gasteiger partial charge is 0.395 e. The number of aliphatic hydroxyl groups is 3. The zero-order chi connectivity index (χ0) is 13.9. The van der Waals surface area contributed by atoms with Crippen LogP contribution in [0, 0.1) is 0 Å². The van der Waals surface area contributed by atoms with Gasteiger partial charge in [0, 0.05) is 52.4 Å². The van der Waals surface area contributed by atoms with Crippen molar-refractivity contribution in [3.63, 3.8) is 0 Å². The Morgan fingerprint density at radius 3 is 1.43 bits per heavy atom. The first-order valence-electron chi connectivity index (χ1n) is 7.05. The standard InChI is InChI=1S/C12H28N4O3.4ClH/c17-9-11(12(19)10-18)16-7-5-14-3-1-13-2-4-15-6-8-16;;;;/h11-15,17-19H,1-10H2;4*1H/t11-,12-;;;;/m0..../s1. The minimum absolute atomic E-state index is 0. The molecule has 1 saturated heterocycles. The van der Waals surface area contributed by atoms with E-state index in [0.29, 0.717) is 0 Å². The van der Waals surface area contributed by atoms with Crippen LogP contribution in [0.1, 0.15) is 0 Å². The van der Waals surface area contributed by atoms with Gasteiger partial charge in [-0.3, -0.25) is 4.90 Å². The number of hydrogen-bond donors (Lipinski definition) is 6. The fraction of sp³-hybridized carbons (Fsp3) is 1.00. The minimum Gasteiger partial charge on any atom is -0.395 e. The second-order valence-corrected chi connectivity index (χ2v) is 4.79. The Balaban J connectivity index is -0.000000451. The van der Waals surface area contributed by atoms with Crippen LogP contribution in [0.4, 0.5) is 0 Å². The summed E-state index contributed by atoms with van der Waals surface area (Å²) in [4.78, 5) is 2.02. The Morgan fingerprint density at radius 1 is 0.696 bits per heavy atom. The molecule has 0 aliphatic carbocycles. The number of halogens is 4. The number of hydrogen-bond acceptors (Lipinski definition) is 7. The molecular weight excluding hydrogens is 390 g/mol. The highest BCUT2D eigenvalue weighted by atomic mass is 35.5. The average molecular weight is 422 g/mol. The van der Waals surface area contributed by atoms with E-state index >= 15 is 0 Å². The molecule has 0 radical (unpaired) electrons. The third-order valence-electron chi connectivity index (χ3n) is 3.40. The van der Waals surface area contributed by atoms with E-state index in [-0.39, 0.29) is 62.8 Å². The summed E-state index contributed by atoms with van der Waals surface area (Å²) in [5, 5.41) is 38.2. The molecule has 0 spiro atoms. The molecule has 1 aliphatic rings. The monoisotopic (exact) mass is 420 g/mol. The van der Waals surface area contributed by atoms with E-state index in [0.717, 1.165) is 52.4 Å². The van der Waals surface area contributed by atoms with Crippen molar-refractivity contribution in [3.8, 4) is 0 Å². The maximum atomic E-state index is 9.76. The highest BCUT2D eigenvalue weighted by molar-refractivity contribution is 5.86. The topological polar surface area (TPSA) is 100 Å². The first-order valence-corrected chi connectivity index (χ1v) is 7.05. The van der Waals surface area contributed by atoms with E-state index < -0.39 is 12.1 Å². The Labute approximate surface area is 163 Å². The molecule has 0 bridgehead atoms. The lowest BCUT2D eigenvalue weighted by Crippen LogP contribution is -2.52. The van der Waals surface area contributed by atoms with Gasteiger partial charge in [-0.25, -0.2) is 0 Å². The van der Waals surface area contributed by atoms with Gasteiger partial charge in [-0.1, -0.05) is 0 Å². The first-order chi connectivity index (χ1) is 9.29. The highest BCUT2D eigenvalue weighted by Gasteiger charge is 2.24. The summed E-state index contributed by atoms with van der Waals surface area (Å²) >= 11 is 0. The zero-order valence-corrected chi connectivity index (χ0v) is 16.4. The smallest absolute Gasteiger partial charge is 0.0947 e. The van der Waals surface area contributed by atoms with Crippen molar-refractivity contribution in [3.05, 3.63) is 0 Å². The van der Waals surface area contributed by atoms with Crippen molar-refractivity contribution in [2.24, 2.45) is 0 Å². The molecule has 1 heterocycles.